The zero-order valence-electron chi connectivity index (χ0n) is 7.98. The number of ether oxygens (including phenoxy) is 1. The van der Waals surface area contributed by atoms with Crippen LogP contribution in [0.4, 0.5) is 0 Å². The molecule has 3 rings (SSSR count). The van der Waals surface area contributed by atoms with Gasteiger partial charge >= 0.3 is 0 Å². The summed E-state index contributed by atoms with van der Waals surface area (Å²) in [6, 6.07) is 2.26. The molecule has 3 heterocycles. The van der Waals surface area contributed by atoms with Crippen molar-refractivity contribution >= 4 is 17.6 Å². The predicted molar refractivity (Wildman–Crippen MR) is 58.4 cm³/mol. The van der Waals surface area contributed by atoms with Crippen molar-refractivity contribution in [3.63, 3.8) is 0 Å². The topological polar surface area (TPSA) is 21.6 Å². The molecule has 2 nitrogen and oxygen atoms in total. The monoisotopic (exact) mass is 207 g/mol. The van der Waals surface area contributed by atoms with Gasteiger partial charge in [-0.05, 0) is 29.3 Å². The molecule has 1 saturated heterocycles. The second kappa shape index (κ2) is 3.48. The van der Waals surface area contributed by atoms with E-state index in [4.69, 9.17) is 4.74 Å². The van der Waals surface area contributed by atoms with Crippen molar-refractivity contribution in [3.8, 4) is 0 Å². The molecule has 0 aliphatic carbocycles. The van der Waals surface area contributed by atoms with E-state index >= 15 is 0 Å². The predicted octanol–water partition coefficient (Wildman–Crippen LogP) is 2.30. The Morgan fingerprint density at radius 3 is 3.36 bits per heavy atom. The summed E-state index contributed by atoms with van der Waals surface area (Å²) >= 11 is 1.80. The maximum Gasteiger partial charge on any atom is 0.0501 e. The molecule has 0 spiro atoms. The zero-order valence-corrected chi connectivity index (χ0v) is 8.80. The van der Waals surface area contributed by atoms with Crippen LogP contribution in [0.3, 0.4) is 0 Å². The molecule has 2 unspecified atom stereocenters. The molecule has 14 heavy (non-hydrogen) atoms. The number of hydrogen-bond donors (Lipinski definition) is 0. The highest BCUT2D eigenvalue weighted by atomic mass is 32.1. The van der Waals surface area contributed by atoms with E-state index in [9.17, 15) is 0 Å². The molecule has 3 heteroatoms. The minimum absolute atomic E-state index is 0.615. The lowest BCUT2D eigenvalue weighted by atomic mass is 9.85. The number of hydrogen-bond acceptors (Lipinski definition) is 3. The highest BCUT2D eigenvalue weighted by Crippen LogP contribution is 2.36. The Labute approximate surface area is 87.6 Å². The minimum atomic E-state index is 0.615. The average molecular weight is 207 g/mol. The van der Waals surface area contributed by atoms with Crippen LogP contribution in [-0.2, 0) is 4.74 Å². The standard InChI is InChI=1S/C11H13NOS/c1-3-13-7-8(1)10-5-12-6-11-9(10)2-4-14-11/h2,4,6,8,10H,1,3,5,7H2. The van der Waals surface area contributed by atoms with E-state index in [2.05, 4.69) is 16.4 Å². The van der Waals surface area contributed by atoms with Crippen molar-refractivity contribution in [2.45, 2.75) is 12.3 Å². The van der Waals surface area contributed by atoms with E-state index in [-0.39, 0.29) is 0 Å². The molecule has 1 aromatic rings. The number of fused-ring (bicyclic) bond motifs is 1. The SMILES string of the molecule is C1=NCC(C2CCOC2)c2ccsc21. The molecule has 1 aromatic heterocycles. The fourth-order valence-corrected chi connectivity index (χ4v) is 3.21. The molecule has 0 saturated carbocycles. The van der Waals surface area contributed by atoms with Crippen LogP contribution in [0.5, 0.6) is 0 Å². The van der Waals surface area contributed by atoms with E-state index in [0.717, 1.165) is 19.8 Å². The smallest absolute Gasteiger partial charge is 0.0501 e. The molecular weight excluding hydrogens is 194 g/mol. The van der Waals surface area contributed by atoms with Gasteiger partial charge in [-0.3, -0.25) is 4.99 Å². The van der Waals surface area contributed by atoms with Gasteiger partial charge in [0, 0.05) is 30.2 Å². The van der Waals surface area contributed by atoms with Gasteiger partial charge in [0.15, 0.2) is 0 Å². The third-order valence-corrected chi connectivity index (χ3v) is 4.04. The summed E-state index contributed by atoms with van der Waals surface area (Å²) in [6.07, 6.45) is 3.22. The molecule has 2 aliphatic heterocycles. The average Bonchev–Trinajstić information content (AvgIpc) is 2.88. The first-order chi connectivity index (χ1) is 6.95. The second-order valence-electron chi connectivity index (χ2n) is 3.96. The molecule has 0 bridgehead atoms. The van der Waals surface area contributed by atoms with Crippen molar-refractivity contribution < 1.29 is 4.74 Å². The maximum atomic E-state index is 5.45. The van der Waals surface area contributed by atoms with Gasteiger partial charge in [-0.15, -0.1) is 11.3 Å². The van der Waals surface area contributed by atoms with E-state index < -0.39 is 0 Å². The van der Waals surface area contributed by atoms with Crippen LogP contribution < -0.4 is 0 Å². The lowest BCUT2D eigenvalue weighted by molar-refractivity contribution is 0.181. The lowest BCUT2D eigenvalue weighted by Crippen LogP contribution is -2.19. The van der Waals surface area contributed by atoms with Crippen LogP contribution >= 0.6 is 11.3 Å². The Balaban J connectivity index is 1.91. The summed E-state index contributed by atoms with van der Waals surface area (Å²) in [6.45, 7) is 2.82. The summed E-state index contributed by atoms with van der Waals surface area (Å²) in [5, 5.41) is 2.17. The van der Waals surface area contributed by atoms with E-state index in [1.54, 1.807) is 11.3 Å². The van der Waals surface area contributed by atoms with Crippen LogP contribution in [0, 0.1) is 5.92 Å². The molecule has 2 aliphatic rings. The van der Waals surface area contributed by atoms with Crippen molar-refractivity contribution in [2.24, 2.45) is 10.9 Å². The number of rotatable bonds is 1. The van der Waals surface area contributed by atoms with Crippen LogP contribution in [0.2, 0.25) is 0 Å². The van der Waals surface area contributed by atoms with Crippen molar-refractivity contribution in [1.29, 1.82) is 0 Å². The molecule has 0 amide bonds. The van der Waals surface area contributed by atoms with Gasteiger partial charge in [0.1, 0.15) is 0 Å². The third kappa shape index (κ3) is 1.31. The Morgan fingerprint density at radius 1 is 1.50 bits per heavy atom. The Bertz CT molecular complexity index is 352. The minimum Gasteiger partial charge on any atom is -0.381 e. The summed E-state index contributed by atoms with van der Waals surface area (Å²) in [5.74, 6) is 1.31. The van der Waals surface area contributed by atoms with Gasteiger partial charge < -0.3 is 4.74 Å². The number of aliphatic imine (C=N–C) groups is 1. The van der Waals surface area contributed by atoms with Gasteiger partial charge in [-0.25, -0.2) is 0 Å². The first-order valence-corrected chi connectivity index (χ1v) is 5.98. The highest BCUT2D eigenvalue weighted by molar-refractivity contribution is 7.11. The van der Waals surface area contributed by atoms with Crippen molar-refractivity contribution in [1.82, 2.24) is 0 Å². The normalized spacial score (nSPS) is 30.6. The largest absolute Gasteiger partial charge is 0.381 e. The van der Waals surface area contributed by atoms with Crippen LogP contribution in [0.1, 0.15) is 22.8 Å². The third-order valence-electron chi connectivity index (χ3n) is 3.17. The highest BCUT2D eigenvalue weighted by Gasteiger charge is 2.29. The quantitative estimate of drug-likeness (QED) is 0.692. The van der Waals surface area contributed by atoms with E-state index in [1.165, 1.54) is 16.9 Å². The van der Waals surface area contributed by atoms with Crippen molar-refractivity contribution in [2.75, 3.05) is 19.8 Å². The molecule has 0 radical (unpaired) electrons. The first-order valence-electron chi connectivity index (χ1n) is 5.10. The van der Waals surface area contributed by atoms with E-state index in [1.807, 2.05) is 6.21 Å². The summed E-state index contributed by atoms with van der Waals surface area (Å²) in [4.78, 5) is 5.80. The molecule has 0 N–H and O–H groups in total. The molecule has 74 valence electrons. The first kappa shape index (κ1) is 8.62. The lowest BCUT2D eigenvalue weighted by Gasteiger charge is -2.23. The molecule has 2 atom stereocenters. The van der Waals surface area contributed by atoms with Crippen molar-refractivity contribution in [3.05, 3.63) is 21.9 Å². The van der Waals surface area contributed by atoms with Crippen LogP contribution in [-0.4, -0.2) is 26.0 Å². The molecule has 0 aromatic carbocycles. The van der Waals surface area contributed by atoms with Gasteiger partial charge in [0.25, 0.3) is 0 Å². The Kier molecular flexibility index (Phi) is 2.14. The molecule has 1 fully saturated rings. The Hall–Kier alpha value is -0.670. The Morgan fingerprint density at radius 2 is 2.50 bits per heavy atom. The number of thiophene rings is 1. The van der Waals surface area contributed by atoms with Gasteiger partial charge in [-0.2, -0.15) is 0 Å². The fourth-order valence-electron chi connectivity index (χ4n) is 2.36. The van der Waals surface area contributed by atoms with E-state index in [0.29, 0.717) is 11.8 Å². The maximum absolute atomic E-state index is 5.45. The molecular formula is C11H13NOS. The summed E-state index contributed by atoms with van der Waals surface area (Å²) < 4.78 is 5.45. The van der Waals surface area contributed by atoms with Crippen LogP contribution in [0.15, 0.2) is 16.4 Å². The van der Waals surface area contributed by atoms with Gasteiger partial charge in [0.05, 0.1) is 6.61 Å². The number of nitrogens with zero attached hydrogens (tertiary/aromatic N) is 1. The summed E-state index contributed by atoms with van der Waals surface area (Å²) in [5.41, 5.74) is 1.50. The fraction of sp³-hybridized carbons (Fsp3) is 0.545. The van der Waals surface area contributed by atoms with Gasteiger partial charge in [-0.1, -0.05) is 0 Å². The zero-order chi connectivity index (χ0) is 9.38. The van der Waals surface area contributed by atoms with Crippen LogP contribution in [0.25, 0.3) is 0 Å². The van der Waals surface area contributed by atoms with Gasteiger partial charge in [0.2, 0.25) is 0 Å². The second-order valence-corrected chi connectivity index (χ2v) is 4.91. The summed E-state index contributed by atoms with van der Waals surface area (Å²) in [7, 11) is 0.